The largest absolute Gasteiger partial charge is 0.481 e. The molecule has 0 radical (unpaired) electrons. The fraction of sp³-hybridized carbons (Fsp3) is 0.182. The Balaban J connectivity index is 1.79. The van der Waals surface area contributed by atoms with Crippen LogP contribution in [0.25, 0.3) is 5.52 Å². The molecule has 3 rings (SSSR count). The minimum absolute atomic E-state index is 0.0695. The van der Waals surface area contributed by atoms with E-state index in [1.54, 1.807) is 54.7 Å². The number of nitrogens with two attached hydrogens (primary N) is 2. The number of nitrogens with one attached hydrogen (secondary N) is 2. The normalized spacial score (nSPS) is 11.6. The van der Waals surface area contributed by atoms with E-state index in [0.29, 0.717) is 28.5 Å². The number of thioether (sulfide) groups is 1. The van der Waals surface area contributed by atoms with Crippen LogP contribution in [0.1, 0.15) is 28.4 Å². The van der Waals surface area contributed by atoms with Gasteiger partial charge in [0.05, 0.1) is 18.0 Å². The van der Waals surface area contributed by atoms with Crippen molar-refractivity contribution in [3.8, 4) is 0 Å². The van der Waals surface area contributed by atoms with Gasteiger partial charge in [-0.25, -0.2) is 0 Å². The highest BCUT2D eigenvalue weighted by molar-refractivity contribution is 8.13. The average Bonchev–Trinajstić information content (AvgIpc) is 2.76. The number of anilines is 1. The second kappa shape index (κ2) is 10.5. The van der Waals surface area contributed by atoms with Gasteiger partial charge in [-0.2, -0.15) is 0 Å². The van der Waals surface area contributed by atoms with Crippen LogP contribution < -0.4 is 27.3 Å². The Hall–Kier alpha value is -3.79. The van der Waals surface area contributed by atoms with Gasteiger partial charge in [-0.3, -0.25) is 29.9 Å². The number of nitrogens with zero attached hydrogens (tertiary/aromatic N) is 1. The summed E-state index contributed by atoms with van der Waals surface area (Å²) in [6, 6.07) is 14.6. The van der Waals surface area contributed by atoms with Gasteiger partial charge in [0.15, 0.2) is 0 Å². The topological polar surface area (TPSA) is 152 Å². The van der Waals surface area contributed by atoms with Crippen molar-refractivity contribution in [1.29, 1.82) is 0 Å². The molecule has 1 unspecified atom stereocenters. The fourth-order valence-corrected chi connectivity index (χ4v) is 3.64. The Morgan fingerprint density at radius 3 is 2.59 bits per heavy atom. The lowest BCUT2D eigenvalue weighted by atomic mass is 10.0. The number of hydrogen-bond acceptors (Lipinski definition) is 5. The molecule has 3 aromatic rings. The predicted octanol–water partition coefficient (Wildman–Crippen LogP) is 0.464. The summed E-state index contributed by atoms with van der Waals surface area (Å²) >= 11 is 1.34. The van der Waals surface area contributed by atoms with E-state index in [1.807, 2.05) is 0 Å². The van der Waals surface area contributed by atoms with Crippen molar-refractivity contribution in [3.05, 3.63) is 82.3 Å². The van der Waals surface area contributed by atoms with Crippen molar-refractivity contribution < 1.29 is 20.1 Å². The van der Waals surface area contributed by atoms with Crippen molar-refractivity contribution in [1.82, 2.24) is 9.72 Å². The molecule has 9 nitrogen and oxygen atoms in total. The first-order valence-electron chi connectivity index (χ1n) is 9.82. The second-order valence-corrected chi connectivity index (χ2v) is 8.14. The Morgan fingerprint density at radius 2 is 1.91 bits per heavy atom. The molecule has 0 aliphatic carbocycles. The number of benzene rings is 1. The van der Waals surface area contributed by atoms with E-state index in [1.165, 1.54) is 22.2 Å². The number of amidine groups is 1. The summed E-state index contributed by atoms with van der Waals surface area (Å²) in [6.45, 7) is 0.633. The summed E-state index contributed by atoms with van der Waals surface area (Å²) in [4.78, 5) is 37.0. The molecule has 0 saturated carbocycles. The summed E-state index contributed by atoms with van der Waals surface area (Å²) < 4.78 is 1.37. The molecule has 0 spiro atoms. The summed E-state index contributed by atoms with van der Waals surface area (Å²) in [5.74, 6) is -0.993. The minimum atomic E-state index is -1.06. The lowest BCUT2D eigenvalue weighted by molar-refractivity contribution is -0.137. The molecule has 0 aliphatic heterocycles. The predicted molar refractivity (Wildman–Crippen MR) is 125 cm³/mol. The van der Waals surface area contributed by atoms with Crippen LogP contribution in [0.3, 0.4) is 0 Å². The zero-order valence-electron chi connectivity index (χ0n) is 17.2. The molecule has 1 amide bonds. The number of aliphatic carboxylic acids is 1. The lowest BCUT2D eigenvalue weighted by Gasteiger charge is -2.17. The molecule has 0 fully saturated rings. The molecule has 0 saturated heterocycles. The number of carbonyl (C=O) groups is 2. The number of fused-ring (bicyclic) bond motifs is 1. The first-order chi connectivity index (χ1) is 15.3. The maximum atomic E-state index is 12.9. The molecule has 10 heteroatoms. The minimum Gasteiger partial charge on any atom is -0.481 e. The third-order valence-corrected chi connectivity index (χ3v) is 5.43. The Kier molecular flexibility index (Phi) is 7.50. The molecule has 166 valence electrons. The smallest absolute Gasteiger partial charge is 0.305 e. The zero-order chi connectivity index (χ0) is 23.1. The lowest BCUT2D eigenvalue weighted by Crippen LogP contribution is -2.43. The van der Waals surface area contributed by atoms with E-state index >= 15 is 0 Å². The summed E-state index contributed by atoms with van der Waals surface area (Å²) in [5, 5.41) is 20.8. The van der Waals surface area contributed by atoms with E-state index in [0.717, 1.165) is 5.69 Å². The number of amides is 1. The molecule has 32 heavy (non-hydrogen) atoms. The third-order valence-electron chi connectivity index (χ3n) is 4.69. The van der Waals surface area contributed by atoms with Crippen molar-refractivity contribution in [2.75, 3.05) is 17.6 Å². The van der Waals surface area contributed by atoms with Gasteiger partial charge in [0.1, 0.15) is 5.56 Å². The highest BCUT2D eigenvalue weighted by Gasteiger charge is 2.21. The van der Waals surface area contributed by atoms with Crippen LogP contribution in [0.5, 0.6) is 0 Å². The Bertz CT molecular complexity index is 1200. The highest BCUT2D eigenvalue weighted by Crippen LogP contribution is 2.17. The number of rotatable bonds is 9. The van der Waals surface area contributed by atoms with Crippen LogP contribution in [0, 0.1) is 0 Å². The molecule has 0 aliphatic rings. The number of pyridine rings is 2. The highest BCUT2D eigenvalue weighted by atomic mass is 32.2. The van der Waals surface area contributed by atoms with Crippen LogP contribution in [0.2, 0.25) is 0 Å². The van der Waals surface area contributed by atoms with Crippen LogP contribution in [0.15, 0.2) is 65.6 Å². The van der Waals surface area contributed by atoms with Crippen LogP contribution in [-0.2, 0) is 4.79 Å². The number of carbonyl (C=O) groups excluding carboxylic acids is 1. The summed E-state index contributed by atoms with van der Waals surface area (Å²) in [5.41, 5.74) is 6.92. The van der Waals surface area contributed by atoms with Crippen molar-refractivity contribution >= 4 is 40.0 Å². The van der Waals surface area contributed by atoms with Gasteiger partial charge in [0, 0.05) is 24.2 Å². The fourth-order valence-electron chi connectivity index (χ4n) is 3.20. The van der Waals surface area contributed by atoms with Gasteiger partial charge in [0.25, 0.3) is 16.6 Å². The van der Waals surface area contributed by atoms with Crippen molar-refractivity contribution in [2.45, 2.75) is 12.5 Å². The molecule has 1 atom stereocenters. The van der Waals surface area contributed by atoms with Gasteiger partial charge in [0.2, 0.25) is 0 Å². The number of hydrogen-bond donors (Lipinski definition) is 5. The monoisotopic (exact) mass is 454 g/mol. The van der Waals surface area contributed by atoms with Crippen molar-refractivity contribution in [2.24, 2.45) is 5.73 Å². The summed E-state index contributed by atoms with van der Waals surface area (Å²) in [6.07, 6.45) is 1.28. The van der Waals surface area contributed by atoms with Gasteiger partial charge in [-0.1, -0.05) is 30.3 Å². The number of carboxylic acids is 1. The quantitative estimate of drug-likeness (QED) is 0.179. The van der Waals surface area contributed by atoms with Crippen LogP contribution in [0.4, 0.5) is 5.69 Å². The second-order valence-electron chi connectivity index (χ2n) is 6.97. The van der Waals surface area contributed by atoms with Gasteiger partial charge < -0.3 is 15.7 Å². The zero-order valence-corrected chi connectivity index (χ0v) is 18.0. The van der Waals surface area contributed by atoms with Gasteiger partial charge in [-0.15, -0.1) is 0 Å². The van der Waals surface area contributed by atoms with E-state index in [9.17, 15) is 19.5 Å². The molecule has 7 N–H and O–H groups in total. The van der Waals surface area contributed by atoms with Gasteiger partial charge >= 0.3 is 5.97 Å². The number of aromatic nitrogens is 1. The average molecular weight is 455 g/mol. The van der Waals surface area contributed by atoms with E-state index < -0.39 is 23.5 Å². The Labute approximate surface area is 188 Å². The molecule has 2 aromatic heterocycles. The van der Waals surface area contributed by atoms with Gasteiger partial charge in [-0.05, 0) is 41.6 Å². The maximum absolute atomic E-state index is 12.9. The first kappa shape index (κ1) is 22.9. The van der Waals surface area contributed by atoms with Crippen molar-refractivity contribution in [3.63, 3.8) is 0 Å². The molecule has 1 aromatic carbocycles. The van der Waals surface area contributed by atoms with E-state index in [-0.39, 0.29) is 12.0 Å². The third kappa shape index (κ3) is 5.88. The standard InChI is InChI=1S/C22H23N5O4S/c23-22(24)32-11-9-25-15-8-10-27-16(12-15)6-7-17(21(27)31)20(30)26-18(13-19(28)29)14-4-2-1-3-5-14/h1-8,10,12,18,25H,9,11,13H2,(H3,23,24)(H,26,30)(H,28,29)/p+1. The molecular formula is C22H24N5O4S+. The Morgan fingerprint density at radius 1 is 1.16 bits per heavy atom. The molecular weight excluding hydrogens is 430 g/mol. The molecule has 2 heterocycles. The van der Waals surface area contributed by atoms with Crippen LogP contribution in [-0.4, -0.2) is 38.8 Å². The molecule has 0 bridgehead atoms. The maximum Gasteiger partial charge on any atom is 0.305 e. The summed E-state index contributed by atoms with van der Waals surface area (Å²) in [7, 11) is 0. The first-order valence-corrected chi connectivity index (χ1v) is 10.8. The SMILES string of the molecule is NC(=[NH2+])SCCNc1ccn2c(=O)c(C(=O)NC(CC(=O)O)c3ccccc3)ccc2c1. The number of carboxylic acid groups (broad SMARTS) is 1. The van der Waals surface area contributed by atoms with E-state index in [2.05, 4.69) is 10.6 Å². The van der Waals surface area contributed by atoms with E-state index in [4.69, 9.17) is 11.1 Å². The van der Waals surface area contributed by atoms with Crippen LogP contribution >= 0.6 is 11.8 Å².